The third-order valence-corrected chi connectivity index (χ3v) is 7.87. The van der Waals surface area contributed by atoms with Crippen LogP contribution in [0.25, 0.3) is 0 Å². The van der Waals surface area contributed by atoms with Gasteiger partial charge in [-0.1, -0.05) is 42.0 Å². The number of allylic oxidation sites excluding steroid dienone is 1. The van der Waals surface area contributed by atoms with E-state index in [0.717, 1.165) is 18.4 Å². The molecule has 2 aromatic rings. The van der Waals surface area contributed by atoms with Crippen LogP contribution >= 0.6 is 0 Å². The first-order chi connectivity index (χ1) is 13.9. The minimum Gasteiger partial charge on any atom is -0.497 e. The number of sulfonamides is 1. The fourth-order valence-corrected chi connectivity index (χ4v) is 6.11. The van der Waals surface area contributed by atoms with Crippen molar-refractivity contribution in [3.63, 3.8) is 0 Å². The van der Waals surface area contributed by atoms with E-state index in [-0.39, 0.29) is 29.2 Å². The van der Waals surface area contributed by atoms with E-state index in [1.807, 2.05) is 13.0 Å². The molecule has 5 nitrogen and oxygen atoms in total. The number of aryl methyl sites for hydroxylation is 1. The van der Waals surface area contributed by atoms with Crippen LogP contribution in [-0.4, -0.2) is 38.2 Å². The van der Waals surface area contributed by atoms with Crippen molar-refractivity contribution >= 4 is 15.8 Å². The molecule has 0 aromatic heterocycles. The number of Topliss-reactive ketones (excluding diaryl/α,β-unsaturated/α-hetero) is 1. The van der Waals surface area contributed by atoms with Crippen LogP contribution in [0.15, 0.2) is 65.6 Å². The Morgan fingerprint density at radius 3 is 2.62 bits per heavy atom. The van der Waals surface area contributed by atoms with Gasteiger partial charge in [0.1, 0.15) is 5.75 Å². The number of ether oxygens (including phenoxy) is 1. The van der Waals surface area contributed by atoms with E-state index in [9.17, 15) is 13.2 Å². The summed E-state index contributed by atoms with van der Waals surface area (Å²) in [6, 6.07) is 13.8. The molecular weight excluding hydrogens is 386 g/mol. The fraction of sp³-hybridized carbons (Fsp3) is 0.348. The SMILES string of the molecule is COc1cccc(C(=O)[C@H]2CN(S(=O)(=O)c3ccc(C)cc3)[C@@H]3CCC=C[C@H]23)c1. The molecule has 1 saturated heterocycles. The second kappa shape index (κ2) is 7.76. The Bertz CT molecular complexity index is 1040. The smallest absolute Gasteiger partial charge is 0.243 e. The van der Waals surface area contributed by atoms with Crippen LogP contribution in [0.3, 0.4) is 0 Å². The van der Waals surface area contributed by atoms with E-state index in [1.165, 1.54) is 0 Å². The first-order valence-electron chi connectivity index (χ1n) is 9.85. The standard InChI is InChI=1S/C23H25NO4S/c1-16-10-12-19(13-11-16)29(26,27)24-15-21(20-8-3-4-9-22(20)24)23(25)17-6-5-7-18(14-17)28-2/h3,5-8,10-14,20-22H,4,9,15H2,1-2H3/t20-,21+,22-/m1/s1. The first kappa shape index (κ1) is 19.9. The summed E-state index contributed by atoms with van der Waals surface area (Å²) in [7, 11) is -2.10. The number of benzene rings is 2. The molecule has 6 heteroatoms. The van der Waals surface area contributed by atoms with E-state index in [2.05, 4.69) is 6.08 Å². The fourth-order valence-electron chi connectivity index (χ4n) is 4.40. The lowest BCUT2D eigenvalue weighted by Gasteiger charge is -2.28. The Hall–Kier alpha value is -2.44. The highest BCUT2D eigenvalue weighted by atomic mass is 32.2. The van der Waals surface area contributed by atoms with Crippen LogP contribution in [-0.2, 0) is 10.0 Å². The quantitative estimate of drug-likeness (QED) is 0.554. The highest BCUT2D eigenvalue weighted by Gasteiger charge is 2.49. The van der Waals surface area contributed by atoms with Gasteiger partial charge in [-0.3, -0.25) is 4.79 Å². The molecule has 0 amide bonds. The summed E-state index contributed by atoms with van der Waals surface area (Å²) in [5, 5.41) is 0. The molecule has 0 bridgehead atoms. The zero-order valence-corrected chi connectivity index (χ0v) is 17.4. The van der Waals surface area contributed by atoms with Crippen LogP contribution in [0.2, 0.25) is 0 Å². The Kier molecular flexibility index (Phi) is 5.32. The van der Waals surface area contributed by atoms with Crippen molar-refractivity contribution in [3.8, 4) is 5.75 Å². The number of fused-ring (bicyclic) bond motifs is 1. The van der Waals surface area contributed by atoms with Gasteiger partial charge >= 0.3 is 0 Å². The minimum absolute atomic E-state index is 0.0351. The Balaban J connectivity index is 1.68. The number of hydrogen-bond donors (Lipinski definition) is 0. The number of nitrogens with zero attached hydrogens (tertiary/aromatic N) is 1. The largest absolute Gasteiger partial charge is 0.497 e. The lowest BCUT2D eigenvalue weighted by molar-refractivity contribution is 0.0908. The van der Waals surface area contributed by atoms with Crippen molar-refractivity contribution in [1.82, 2.24) is 4.31 Å². The first-order valence-corrected chi connectivity index (χ1v) is 11.3. The highest BCUT2D eigenvalue weighted by molar-refractivity contribution is 7.89. The second-order valence-corrected chi connectivity index (χ2v) is 9.63. The maximum absolute atomic E-state index is 13.4. The molecule has 4 rings (SSSR count). The molecule has 1 aliphatic carbocycles. The Morgan fingerprint density at radius 2 is 1.90 bits per heavy atom. The van der Waals surface area contributed by atoms with Gasteiger partial charge in [0, 0.05) is 30.0 Å². The van der Waals surface area contributed by atoms with E-state index < -0.39 is 15.9 Å². The highest BCUT2D eigenvalue weighted by Crippen LogP contribution is 2.41. The number of ketones is 1. The molecule has 3 atom stereocenters. The van der Waals surface area contributed by atoms with Gasteiger partial charge in [0.15, 0.2) is 5.78 Å². The van der Waals surface area contributed by atoms with Gasteiger partial charge in [0.05, 0.1) is 12.0 Å². The monoisotopic (exact) mass is 411 g/mol. The molecule has 1 fully saturated rings. The summed E-state index contributed by atoms with van der Waals surface area (Å²) in [5.74, 6) is 0.0762. The molecule has 29 heavy (non-hydrogen) atoms. The Morgan fingerprint density at radius 1 is 1.14 bits per heavy atom. The predicted molar refractivity (Wildman–Crippen MR) is 112 cm³/mol. The van der Waals surface area contributed by atoms with Crippen molar-refractivity contribution in [2.75, 3.05) is 13.7 Å². The predicted octanol–water partition coefficient (Wildman–Crippen LogP) is 3.84. The van der Waals surface area contributed by atoms with E-state index in [4.69, 9.17) is 4.74 Å². The van der Waals surface area contributed by atoms with Gasteiger partial charge < -0.3 is 4.74 Å². The van der Waals surface area contributed by atoms with Crippen LogP contribution in [0.4, 0.5) is 0 Å². The molecular formula is C23H25NO4S. The zero-order chi connectivity index (χ0) is 20.6. The maximum atomic E-state index is 13.4. The molecule has 0 radical (unpaired) electrons. The van der Waals surface area contributed by atoms with Crippen molar-refractivity contribution in [2.45, 2.75) is 30.7 Å². The van der Waals surface area contributed by atoms with Gasteiger partial charge in [-0.05, 0) is 44.0 Å². The molecule has 1 heterocycles. The molecule has 2 aliphatic rings. The van der Waals surface area contributed by atoms with Gasteiger partial charge in [-0.15, -0.1) is 0 Å². The van der Waals surface area contributed by atoms with Crippen LogP contribution in [0.5, 0.6) is 5.75 Å². The molecule has 0 unspecified atom stereocenters. The molecule has 2 aromatic carbocycles. The number of methoxy groups -OCH3 is 1. The molecule has 0 spiro atoms. The van der Waals surface area contributed by atoms with E-state index in [0.29, 0.717) is 11.3 Å². The average Bonchev–Trinajstić information content (AvgIpc) is 3.14. The van der Waals surface area contributed by atoms with Crippen LogP contribution in [0, 0.1) is 18.8 Å². The normalized spacial score (nSPS) is 24.3. The maximum Gasteiger partial charge on any atom is 0.243 e. The average molecular weight is 412 g/mol. The van der Waals surface area contributed by atoms with Gasteiger partial charge in [0.25, 0.3) is 0 Å². The van der Waals surface area contributed by atoms with E-state index in [1.54, 1.807) is 59.9 Å². The summed E-state index contributed by atoms with van der Waals surface area (Å²) in [4.78, 5) is 13.6. The van der Waals surface area contributed by atoms with Crippen molar-refractivity contribution in [1.29, 1.82) is 0 Å². The second-order valence-electron chi connectivity index (χ2n) is 7.74. The molecule has 0 N–H and O–H groups in total. The third kappa shape index (κ3) is 3.63. The minimum atomic E-state index is -3.66. The molecule has 152 valence electrons. The molecule has 1 aliphatic heterocycles. The van der Waals surface area contributed by atoms with E-state index >= 15 is 0 Å². The van der Waals surface area contributed by atoms with Crippen LogP contribution in [0.1, 0.15) is 28.8 Å². The van der Waals surface area contributed by atoms with Gasteiger partial charge in [-0.25, -0.2) is 8.42 Å². The lowest BCUT2D eigenvalue weighted by atomic mass is 9.81. The third-order valence-electron chi connectivity index (χ3n) is 5.96. The Labute approximate surface area is 172 Å². The zero-order valence-electron chi connectivity index (χ0n) is 16.6. The topological polar surface area (TPSA) is 63.7 Å². The lowest BCUT2D eigenvalue weighted by Crippen LogP contribution is -2.38. The number of rotatable bonds is 5. The summed E-state index contributed by atoms with van der Waals surface area (Å²) >= 11 is 0. The summed E-state index contributed by atoms with van der Waals surface area (Å²) in [6.07, 6.45) is 5.64. The van der Waals surface area contributed by atoms with Crippen molar-refractivity contribution < 1.29 is 17.9 Å². The summed E-state index contributed by atoms with van der Waals surface area (Å²) < 4.78 is 33.5. The summed E-state index contributed by atoms with van der Waals surface area (Å²) in [5.41, 5.74) is 1.57. The number of carbonyl (C=O) groups is 1. The van der Waals surface area contributed by atoms with Crippen molar-refractivity contribution in [3.05, 3.63) is 71.8 Å². The van der Waals surface area contributed by atoms with Gasteiger partial charge in [-0.2, -0.15) is 4.31 Å². The summed E-state index contributed by atoms with van der Waals surface area (Å²) in [6.45, 7) is 2.13. The van der Waals surface area contributed by atoms with Crippen LogP contribution < -0.4 is 4.74 Å². The van der Waals surface area contributed by atoms with Gasteiger partial charge in [0.2, 0.25) is 10.0 Å². The number of carbonyl (C=O) groups excluding carboxylic acids is 1. The number of hydrogen-bond acceptors (Lipinski definition) is 4. The van der Waals surface area contributed by atoms with Crippen molar-refractivity contribution in [2.24, 2.45) is 11.8 Å². The molecule has 0 saturated carbocycles.